The average Bonchev–Trinajstić information content (AvgIpc) is 2.91. The number of aliphatic hydroxyl groups is 1. The second-order valence-corrected chi connectivity index (χ2v) is 9.21. The summed E-state index contributed by atoms with van der Waals surface area (Å²) in [6.45, 7) is 0.699. The van der Waals surface area contributed by atoms with Crippen LogP contribution in [-0.4, -0.2) is 71.2 Å². The number of rotatable bonds is 8. The van der Waals surface area contributed by atoms with Crippen LogP contribution in [0.1, 0.15) is 18.4 Å². The highest BCUT2D eigenvalue weighted by Gasteiger charge is 2.44. The largest absolute Gasteiger partial charge is 0.496 e. The minimum atomic E-state index is -0.978. The Morgan fingerprint density at radius 2 is 2.03 bits per heavy atom. The molecule has 0 unspecified atom stereocenters. The van der Waals surface area contributed by atoms with Crippen LogP contribution in [0.4, 0.5) is 15.9 Å². The number of ether oxygens (including phenoxy) is 1. The number of methoxy groups -OCH3 is 1. The Bertz CT molecular complexity index is 1320. The summed E-state index contributed by atoms with van der Waals surface area (Å²) >= 11 is 5.93. The molecule has 3 aromatic rings. The maximum absolute atomic E-state index is 14.6. The van der Waals surface area contributed by atoms with E-state index in [1.165, 1.54) is 12.4 Å². The highest BCUT2D eigenvalue weighted by Crippen LogP contribution is 2.34. The number of aromatic nitrogens is 2. The van der Waals surface area contributed by atoms with E-state index >= 15 is 0 Å². The monoisotopic (exact) mass is 530 g/mol. The molecule has 0 atom stereocenters. The summed E-state index contributed by atoms with van der Waals surface area (Å²) in [5, 5.41) is 18.3. The molecule has 196 valence electrons. The predicted molar refractivity (Wildman–Crippen MR) is 137 cm³/mol. The average molecular weight is 531 g/mol. The number of hydrogen-bond donors (Lipinski definition) is 4. The number of likely N-dealkylation sites (N-methyl/N-ethyl adjacent to an activating group) is 1. The van der Waals surface area contributed by atoms with E-state index < -0.39 is 29.8 Å². The Kier molecular flexibility index (Phi) is 8.18. The molecule has 1 aliphatic heterocycles. The highest BCUT2D eigenvalue weighted by atomic mass is 35.5. The zero-order valence-electron chi connectivity index (χ0n) is 20.5. The fraction of sp³-hybridized carbons (Fsp3) is 0.360. The van der Waals surface area contributed by atoms with Crippen molar-refractivity contribution in [3.05, 3.63) is 53.1 Å². The number of aliphatic hydroxyl groups excluding tert-OH is 1. The van der Waals surface area contributed by atoms with Crippen molar-refractivity contribution >= 4 is 45.8 Å². The summed E-state index contributed by atoms with van der Waals surface area (Å²) < 4.78 is 20.2. The van der Waals surface area contributed by atoms with Gasteiger partial charge in [0.15, 0.2) is 5.82 Å². The van der Waals surface area contributed by atoms with Gasteiger partial charge in [0.05, 0.1) is 23.3 Å². The lowest BCUT2D eigenvalue weighted by molar-refractivity contribution is -0.141. The standard InChI is InChI=1S/C25H28ClFN6O4/c1-33(25(6-8-28-9-7-25)24(36)32-21(35)13-34)12-15-10-16-19(11-20(15)37-2)29-14-30-23(16)31-18-5-3-4-17(26)22(18)27/h3-5,10-11,14,28,34H,6-9,12-13H2,1-2H3,(H,29,30,31)(H,32,35,36). The Morgan fingerprint density at radius 1 is 1.27 bits per heavy atom. The van der Waals surface area contributed by atoms with Crippen molar-refractivity contribution in [3.63, 3.8) is 0 Å². The summed E-state index contributed by atoms with van der Waals surface area (Å²) in [6, 6.07) is 8.23. The Hall–Kier alpha value is -3.38. The summed E-state index contributed by atoms with van der Waals surface area (Å²) in [4.78, 5) is 35.5. The SMILES string of the molecule is COc1cc2ncnc(Nc3cccc(Cl)c3F)c2cc1CN(C)C1(C(=O)NC(=O)CO)CCNCC1. The van der Waals surface area contributed by atoms with Gasteiger partial charge in [0, 0.05) is 23.6 Å². The first kappa shape index (κ1) is 26.7. The smallest absolute Gasteiger partial charge is 0.252 e. The van der Waals surface area contributed by atoms with E-state index in [2.05, 4.69) is 25.9 Å². The van der Waals surface area contributed by atoms with Crippen molar-refractivity contribution in [2.24, 2.45) is 0 Å². The Morgan fingerprint density at radius 3 is 2.73 bits per heavy atom. The molecule has 1 aromatic heterocycles. The molecule has 37 heavy (non-hydrogen) atoms. The molecule has 12 heteroatoms. The number of anilines is 2. The second kappa shape index (κ2) is 11.3. The van der Waals surface area contributed by atoms with Gasteiger partial charge in [0.2, 0.25) is 5.91 Å². The van der Waals surface area contributed by atoms with Gasteiger partial charge in [-0.1, -0.05) is 17.7 Å². The number of nitrogens with one attached hydrogen (secondary N) is 3. The van der Waals surface area contributed by atoms with E-state index in [4.69, 9.17) is 21.4 Å². The number of halogens is 2. The van der Waals surface area contributed by atoms with E-state index in [0.29, 0.717) is 54.9 Å². The van der Waals surface area contributed by atoms with E-state index in [9.17, 15) is 14.0 Å². The number of fused-ring (bicyclic) bond motifs is 1. The van der Waals surface area contributed by atoms with Crippen LogP contribution in [0.25, 0.3) is 10.9 Å². The molecule has 2 aromatic carbocycles. The summed E-state index contributed by atoms with van der Waals surface area (Å²) in [7, 11) is 3.35. The lowest BCUT2D eigenvalue weighted by Crippen LogP contribution is -2.62. The van der Waals surface area contributed by atoms with Gasteiger partial charge in [-0.3, -0.25) is 19.8 Å². The molecule has 1 saturated heterocycles. The molecule has 2 amide bonds. The predicted octanol–water partition coefficient (Wildman–Crippen LogP) is 2.36. The number of amides is 2. The number of carbonyl (C=O) groups excluding carboxylic acids is 2. The second-order valence-electron chi connectivity index (χ2n) is 8.80. The molecule has 0 radical (unpaired) electrons. The molecule has 10 nitrogen and oxygen atoms in total. The fourth-order valence-corrected chi connectivity index (χ4v) is 4.76. The first-order valence-corrected chi connectivity index (χ1v) is 12.1. The quantitative estimate of drug-likeness (QED) is 0.347. The normalized spacial score (nSPS) is 15.0. The molecule has 0 saturated carbocycles. The lowest BCUT2D eigenvalue weighted by atomic mass is 9.85. The Labute approximate surface area is 218 Å². The molecule has 4 N–H and O–H groups in total. The van der Waals surface area contributed by atoms with Gasteiger partial charge >= 0.3 is 0 Å². The number of hydrogen-bond acceptors (Lipinski definition) is 9. The van der Waals surface area contributed by atoms with E-state index in [-0.39, 0.29) is 10.7 Å². The van der Waals surface area contributed by atoms with Crippen LogP contribution >= 0.6 is 11.6 Å². The zero-order chi connectivity index (χ0) is 26.6. The van der Waals surface area contributed by atoms with Crippen LogP contribution in [0.5, 0.6) is 5.75 Å². The third-order valence-electron chi connectivity index (χ3n) is 6.63. The molecule has 2 heterocycles. The van der Waals surface area contributed by atoms with Crippen molar-refractivity contribution in [2.75, 3.05) is 39.2 Å². The zero-order valence-corrected chi connectivity index (χ0v) is 21.2. The maximum atomic E-state index is 14.6. The van der Waals surface area contributed by atoms with Gasteiger partial charge in [-0.2, -0.15) is 0 Å². The maximum Gasteiger partial charge on any atom is 0.252 e. The fourth-order valence-electron chi connectivity index (χ4n) is 4.58. The molecule has 1 fully saturated rings. The molecular weight excluding hydrogens is 503 g/mol. The van der Waals surface area contributed by atoms with Crippen LogP contribution in [0.2, 0.25) is 5.02 Å². The summed E-state index contributed by atoms with van der Waals surface area (Å²) in [5.41, 5.74) is 0.502. The first-order valence-electron chi connectivity index (χ1n) is 11.7. The van der Waals surface area contributed by atoms with Crippen molar-refractivity contribution < 1.29 is 23.8 Å². The van der Waals surface area contributed by atoms with Crippen LogP contribution in [0.3, 0.4) is 0 Å². The molecule has 0 aliphatic carbocycles. The van der Waals surface area contributed by atoms with Crippen molar-refractivity contribution in [1.82, 2.24) is 25.5 Å². The molecule has 1 aliphatic rings. The van der Waals surface area contributed by atoms with E-state index in [1.807, 2.05) is 11.0 Å². The molecule has 4 rings (SSSR count). The van der Waals surface area contributed by atoms with Crippen LogP contribution < -0.4 is 20.7 Å². The highest BCUT2D eigenvalue weighted by molar-refractivity contribution is 6.31. The number of nitrogens with zero attached hydrogens (tertiary/aromatic N) is 3. The first-order chi connectivity index (χ1) is 17.8. The molecular formula is C25H28ClFN6O4. The lowest BCUT2D eigenvalue weighted by Gasteiger charge is -2.43. The van der Waals surface area contributed by atoms with Crippen molar-refractivity contribution in [2.45, 2.75) is 24.9 Å². The van der Waals surface area contributed by atoms with Crippen LogP contribution in [-0.2, 0) is 16.1 Å². The third kappa shape index (κ3) is 5.49. The summed E-state index contributed by atoms with van der Waals surface area (Å²) in [5.74, 6) is -0.881. The number of piperidine rings is 1. The van der Waals surface area contributed by atoms with Gasteiger partial charge < -0.3 is 20.5 Å². The number of imide groups is 1. The molecule has 0 spiro atoms. The van der Waals surface area contributed by atoms with Crippen molar-refractivity contribution in [1.29, 1.82) is 0 Å². The number of benzene rings is 2. The van der Waals surface area contributed by atoms with Crippen LogP contribution in [0, 0.1) is 5.82 Å². The minimum absolute atomic E-state index is 0.0161. The van der Waals surface area contributed by atoms with Gasteiger partial charge in [0.1, 0.15) is 30.0 Å². The third-order valence-corrected chi connectivity index (χ3v) is 6.92. The van der Waals surface area contributed by atoms with Gasteiger partial charge in [-0.05, 0) is 51.2 Å². The molecule has 0 bridgehead atoms. The Balaban J connectivity index is 1.71. The minimum Gasteiger partial charge on any atom is -0.496 e. The van der Waals surface area contributed by atoms with E-state index in [0.717, 1.165) is 5.56 Å². The summed E-state index contributed by atoms with van der Waals surface area (Å²) in [6.07, 6.45) is 2.30. The van der Waals surface area contributed by atoms with Crippen LogP contribution in [0.15, 0.2) is 36.7 Å². The van der Waals surface area contributed by atoms with Gasteiger partial charge in [0.25, 0.3) is 5.91 Å². The van der Waals surface area contributed by atoms with Gasteiger partial charge in [-0.25, -0.2) is 14.4 Å². The van der Waals surface area contributed by atoms with Crippen molar-refractivity contribution in [3.8, 4) is 5.75 Å². The van der Waals surface area contributed by atoms with Gasteiger partial charge in [-0.15, -0.1) is 0 Å². The number of carbonyl (C=O) groups is 2. The van der Waals surface area contributed by atoms with E-state index in [1.54, 1.807) is 32.4 Å². The topological polar surface area (TPSA) is 129 Å².